The number of benzene rings is 1. The first-order valence-corrected chi connectivity index (χ1v) is 10.3. The molecule has 0 bridgehead atoms. The van der Waals surface area contributed by atoms with Gasteiger partial charge in [-0.15, -0.1) is 0 Å². The first-order valence-electron chi connectivity index (χ1n) is 10.3. The Morgan fingerprint density at radius 1 is 1.10 bits per heavy atom. The number of aromatic nitrogens is 2. The summed E-state index contributed by atoms with van der Waals surface area (Å²) >= 11 is 0. The third kappa shape index (κ3) is 3.46. The van der Waals surface area contributed by atoms with Gasteiger partial charge in [0.2, 0.25) is 5.95 Å². The highest BCUT2D eigenvalue weighted by molar-refractivity contribution is 6.00. The Balaban J connectivity index is 1.60. The molecule has 7 nitrogen and oxygen atoms in total. The molecular formula is C24H24N4O3. The molecule has 1 aromatic carbocycles. The Kier molecular flexibility index (Phi) is 4.73. The third-order valence-corrected chi connectivity index (χ3v) is 5.84. The van der Waals surface area contributed by atoms with Gasteiger partial charge < -0.3 is 9.15 Å². The third-order valence-electron chi connectivity index (χ3n) is 5.84. The summed E-state index contributed by atoms with van der Waals surface area (Å²) in [4.78, 5) is 22.7. The maximum Gasteiger partial charge on any atom is 0.245 e. The smallest absolute Gasteiger partial charge is 0.245 e. The van der Waals surface area contributed by atoms with Gasteiger partial charge in [0.05, 0.1) is 13.4 Å². The lowest BCUT2D eigenvalue weighted by molar-refractivity contribution is -0.116. The number of carbonyl (C=O) groups excluding carboxylic acids is 1. The summed E-state index contributed by atoms with van der Waals surface area (Å²) in [6, 6.07) is 13.2. The predicted octanol–water partition coefficient (Wildman–Crippen LogP) is 4.16. The van der Waals surface area contributed by atoms with Crippen LogP contribution in [0.1, 0.15) is 47.5 Å². The number of nitrogens with zero attached hydrogens (tertiary/aromatic N) is 3. The summed E-state index contributed by atoms with van der Waals surface area (Å²) in [6.45, 7) is 3.89. The molecule has 3 heterocycles. The number of furan rings is 1. The Bertz CT molecular complexity index is 1150. The molecule has 1 N–H and O–H groups in total. The van der Waals surface area contributed by atoms with E-state index in [1.165, 1.54) is 0 Å². The molecule has 0 saturated heterocycles. The maximum atomic E-state index is 13.4. The minimum atomic E-state index is -0.337. The van der Waals surface area contributed by atoms with Gasteiger partial charge in [-0.25, -0.2) is 15.0 Å². The molecule has 0 amide bonds. The Morgan fingerprint density at radius 2 is 1.90 bits per heavy atom. The highest BCUT2D eigenvalue weighted by Gasteiger charge is 2.43. The number of hydrogen-bond donors (Lipinski definition) is 1. The fourth-order valence-corrected chi connectivity index (χ4v) is 4.53. The van der Waals surface area contributed by atoms with E-state index in [9.17, 15) is 4.79 Å². The number of hydrazine groups is 1. The van der Waals surface area contributed by atoms with Crippen LogP contribution in [0, 0.1) is 13.8 Å². The number of ketones is 1. The van der Waals surface area contributed by atoms with Crippen LogP contribution in [-0.2, 0) is 4.79 Å². The van der Waals surface area contributed by atoms with Crippen LogP contribution < -0.4 is 15.2 Å². The molecule has 1 aliphatic carbocycles. The number of rotatable bonds is 4. The Morgan fingerprint density at radius 3 is 2.61 bits per heavy atom. The van der Waals surface area contributed by atoms with E-state index < -0.39 is 0 Å². The van der Waals surface area contributed by atoms with Crippen LogP contribution in [0.5, 0.6) is 5.75 Å². The maximum absolute atomic E-state index is 13.4. The standard InChI is InChI=1S/C24H24N4O3/c1-14-10-15(2)26-24(25-14)28-23(16-6-4-7-18(11-16)30-3)22-19(27-28)12-17(13-20(22)29)21-8-5-9-31-21/h4-11,17,23,27H,12-13H2,1-3H3/t17-,23-/m1/s1. The van der Waals surface area contributed by atoms with Gasteiger partial charge in [0.15, 0.2) is 5.78 Å². The van der Waals surface area contributed by atoms with Gasteiger partial charge in [-0.1, -0.05) is 12.1 Å². The van der Waals surface area contributed by atoms with E-state index in [1.54, 1.807) is 13.4 Å². The minimum absolute atomic E-state index is 0.0137. The number of Topliss-reactive ketones (excluding diaryl/α,β-unsaturated/α-hetero) is 1. The second-order valence-electron chi connectivity index (χ2n) is 8.05. The van der Waals surface area contributed by atoms with E-state index in [-0.39, 0.29) is 17.7 Å². The summed E-state index contributed by atoms with van der Waals surface area (Å²) in [5, 5.41) is 1.90. The van der Waals surface area contributed by atoms with Crippen molar-refractivity contribution in [1.82, 2.24) is 15.4 Å². The number of methoxy groups -OCH3 is 1. The molecule has 3 aromatic rings. The van der Waals surface area contributed by atoms with E-state index in [2.05, 4.69) is 15.4 Å². The molecule has 2 aromatic heterocycles. The average molecular weight is 416 g/mol. The molecule has 7 heteroatoms. The highest BCUT2D eigenvalue weighted by Crippen LogP contribution is 2.45. The van der Waals surface area contributed by atoms with Crippen molar-refractivity contribution in [3.8, 4) is 5.75 Å². The van der Waals surface area contributed by atoms with E-state index in [4.69, 9.17) is 9.15 Å². The highest BCUT2D eigenvalue weighted by atomic mass is 16.5. The van der Waals surface area contributed by atoms with Crippen molar-refractivity contribution in [1.29, 1.82) is 0 Å². The van der Waals surface area contributed by atoms with Crippen LogP contribution >= 0.6 is 0 Å². The topological polar surface area (TPSA) is 80.5 Å². The van der Waals surface area contributed by atoms with Crippen molar-refractivity contribution in [3.63, 3.8) is 0 Å². The van der Waals surface area contributed by atoms with E-state index in [1.807, 2.05) is 61.3 Å². The molecule has 0 radical (unpaired) electrons. The summed E-state index contributed by atoms with van der Waals surface area (Å²) in [5.74, 6) is 2.24. The molecule has 0 spiro atoms. The van der Waals surface area contributed by atoms with Crippen molar-refractivity contribution < 1.29 is 13.9 Å². The van der Waals surface area contributed by atoms with Gasteiger partial charge in [0.1, 0.15) is 17.6 Å². The monoisotopic (exact) mass is 416 g/mol. The van der Waals surface area contributed by atoms with Crippen molar-refractivity contribution in [3.05, 3.63) is 82.7 Å². The number of nitrogens with one attached hydrogen (secondary N) is 1. The van der Waals surface area contributed by atoms with Crippen molar-refractivity contribution in [2.75, 3.05) is 12.1 Å². The molecule has 1 aliphatic heterocycles. The number of allylic oxidation sites excluding steroid dienone is 1. The lowest BCUT2D eigenvalue weighted by Gasteiger charge is -2.27. The van der Waals surface area contributed by atoms with Gasteiger partial charge in [0, 0.05) is 35.0 Å². The number of carbonyl (C=O) groups is 1. The van der Waals surface area contributed by atoms with Gasteiger partial charge in [-0.05, 0) is 56.2 Å². The van der Waals surface area contributed by atoms with E-state index in [0.717, 1.165) is 39.7 Å². The van der Waals surface area contributed by atoms with Gasteiger partial charge in [-0.3, -0.25) is 10.2 Å². The zero-order valence-corrected chi connectivity index (χ0v) is 17.8. The summed E-state index contributed by atoms with van der Waals surface area (Å²) in [5.41, 5.74) is 7.81. The second-order valence-corrected chi connectivity index (χ2v) is 8.05. The fourth-order valence-electron chi connectivity index (χ4n) is 4.53. The van der Waals surface area contributed by atoms with Crippen LogP contribution in [0.25, 0.3) is 0 Å². The molecule has 0 unspecified atom stereocenters. The SMILES string of the molecule is COc1cccc([C@@H]2C3=C(C[C@@H](c4ccco4)CC3=O)NN2c2nc(C)cc(C)n2)c1. The van der Waals surface area contributed by atoms with Crippen LogP contribution in [0.2, 0.25) is 0 Å². The van der Waals surface area contributed by atoms with Crippen LogP contribution in [-0.4, -0.2) is 22.9 Å². The zero-order valence-electron chi connectivity index (χ0n) is 17.8. The Labute approximate surface area is 180 Å². The zero-order chi connectivity index (χ0) is 21.5. The van der Waals surface area contributed by atoms with E-state index in [0.29, 0.717) is 18.8 Å². The van der Waals surface area contributed by atoms with Crippen LogP contribution in [0.15, 0.2) is 64.4 Å². The second kappa shape index (κ2) is 7.58. The van der Waals surface area contributed by atoms with Crippen molar-refractivity contribution in [2.24, 2.45) is 0 Å². The van der Waals surface area contributed by atoms with E-state index >= 15 is 0 Å². The number of ether oxygens (including phenoxy) is 1. The van der Waals surface area contributed by atoms with Gasteiger partial charge in [0.25, 0.3) is 0 Å². The quantitative estimate of drug-likeness (QED) is 0.684. The average Bonchev–Trinajstić information content (AvgIpc) is 3.41. The lowest BCUT2D eigenvalue weighted by Crippen LogP contribution is -2.36. The summed E-state index contributed by atoms with van der Waals surface area (Å²) < 4.78 is 11.0. The van der Waals surface area contributed by atoms with Crippen LogP contribution in [0.3, 0.4) is 0 Å². The predicted molar refractivity (Wildman–Crippen MR) is 116 cm³/mol. The Hall–Kier alpha value is -3.61. The van der Waals surface area contributed by atoms with Gasteiger partial charge in [-0.2, -0.15) is 0 Å². The molecule has 31 heavy (non-hydrogen) atoms. The van der Waals surface area contributed by atoms with Crippen LogP contribution in [0.4, 0.5) is 5.95 Å². The number of hydrogen-bond acceptors (Lipinski definition) is 7. The minimum Gasteiger partial charge on any atom is -0.497 e. The molecule has 5 rings (SSSR count). The molecule has 0 fully saturated rings. The summed E-state index contributed by atoms with van der Waals surface area (Å²) in [6.07, 6.45) is 2.76. The lowest BCUT2D eigenvalue weighted by atomic mass is 9.81. The molecule has 0 saturated carbocycles. The van der Waals surface area contributed by atoms with Gasteiger partial charge >= 0.3 is 0 Å². The first-order chi connectivity index (χ1) is 15.0. The largest absolute Gasteiger partial charge is 0.497 e. The molecular weight excluding hydrogens is 392 g/mol. The first kappa shape index (κ1) is 19.4. The molecule has 2 aliphatic rings. The van der Waals surface area contributed by atoms with Crippen molar-refractivity contribution >= 4 is 11.7 Å². The normalized spacial score (nSPS) is 20.6. The number of anilines is 1. The molecule has 158 valence electrons. The summed E-state index contributed by atoms with van der Waals surface area (Å²) in [7, 11) is 1.64. The molecule has 2 atom stereocenters. The number of aryl methyl sites for hydroxylation is 2. The van der Waals surface area contributed by atoms with Crippen molar-refractivity contribution in [2.45, 2.75) is 38.6 Å². The fraction of sp³-hybridized carbons (Fsp3) is 0.292.